The van der Waals surface area contributed by atoms with Crippen LogP contribution in [0.4, 0.5) is 0 Å². The number of fused-ring (bicyclic) bond motifs is 2. The molecule has 0 spiro atoms. The Balaban J connectivity index is 1.65. The third kappa shape index (κ3) is 4.34. The molecule has 31 heavy (non-hydrogen) atoms. The summed E-state index contributed by atoms with van der Waals surface area (Å²) in [5, 5.41) is 6.90. The van der Waals surface area contributed by atoms with Crippen LogP contribution in [0.15, 0.2) is 35.2 Å². The Morgan fingerprint density at radius 2 is 2.00 bits per heavy atom. The van der Waals surface area contributed by atoms with Crippen molar-refractivity contribution in [1.29, 1.82) is 0 Å². The van der Waals surface area contributed by atoms with Gasteiger partial charge in [-0.15, -0.1) is 0 Å². The van der Waals surface area contributed by atoms with Crippen LogP contribution in [0.25, 0.3) is 0 Å². The van der Waals surface area contributed by atoms with Gasteiger partial charge in [0.05, 0.1) is 6.04 Å². The van der Waals surface area contributed by atoms with Crippen LogP contribution in [-0.2, 0) is 10.0 Å². The van der Waals surface area contributed by atoms with E-state index in [2.05, 4.69) is 24.0 Å². The molecule has 0 unspecified atom stereocenters. The molecule has 8 nitrogen and oxygen atoms in total. The number of H-pyrrole nitrogens is 1. The molecule has 2 aromatic rings. The highest BCUT2D eigenvalue weighted by Gasteiger charge is 2.43. The number of para-hydroxylation sites is 1. The molecule has 1 amide bonds. The van der Waals surface area contributed by atoms with E-state index in [0.717, 1.165) is 12.1 Å². The zero-order chi connectivity index (χ0) is 22.2. The molecule has 1 aromatic heterocycles. The van der Waals surface area contributed by atoms with Gasteiger partial charge in [0, 0.05) is 31.7 Å². The summed E-state index contributed by atoms with van der Waals surface area (Å²) in [5.74, 6) is 0.630. The quantitative estimate of drug-likeness (QED) is 0.779. The second kappa shape index (κ2) is 8.63. The van der Waals surface area contributed by atoms with Gasteiger partial charge in [-0.2, -0.15) is 9.40 Å². The number of sulfonamides is 1. The lowest BCUT2D eigenvalue weighted by molar-refractivity contribution is 0.0749. The lowest BCUT2D eigenvalue weighted by atomic mass is 10.0. The summed E-state index contributed by atoms with van der Waals surface area (Å²) in [6.07, 6.45) is 1.52. The number of likely N-dealkylation sites (tertiary alicyclic amines) is 1. The normalized spacial score (nSPS) is 23.4. The maximum atomic E-state index is 13.6. The molecule has 1 saturated heterocycles. The number of hydrogen-bond acceptors (Lipinski definition) is 5. The molecule has 1 fully saturated rings. The molecule has 2 atom stereocenters. The Bertz CT molecular complexity index is 1050. The van der Waals surface area contributed by atoms with Crippen LogP contribution in [-0.4, -0.2) is 65.5 Å². The highest BCUT2D eigenvalue weighted by atomic mass is 32.2. The average Bonchev–Trinajstić information content (AvgIpc) is 3.02. The minimum absolute atomic E-state index is 0.141. The molecule has 1 N–H and O–H groups in total. The first-order valence-electron chi connectivity index (χ1n) is 10.9. The second-order valence-corrected chi connectivity index (χ2v) is 10.6. The lowest BCUT2D eigenvalue weighted by Crippen LogP contribution is -2.47. The van der Waals surface area contributed by atoms with Gasteiger partial charge in [-0.25, -0.2) is 8.42 Å². The molecular formula is C22H30N4O4S. The van der Waals surface area contributed by atoms with Crippen LogP contribution in [0.1, 0.15) is 49.3 Å². The maximum absolute atomic E-state index is 13.6. The number of aromatic amines is 1. The van der Waals surface area contributed by atoms with Gasteiger partial charge in [0.15, 0.2) is 0 Å². The number of carbonyl (C=O) groups is 1. The summed E-state index contributed by atoms with van der Waals surface area (Å²) in [5.41, 5.74) is 1.21. The predicted molar refractivity (Wildman–Crippen MR) is 116 cm³/mol. The Labute approximate surface area is 183 Å². The average molecular weight is 447 g/mol. The van der Waals surface area contributed by atoms with E-state index in [-0.39, 0.29) is 22.9 Å². The Kier molecular flexibility index (Phi) is 6.07. The highest BCUT2D eigenvalue weighted by molar-refractivity contribution is 7.89. The number of aryl methyl sites for hydroxylation is 1. The van der Waals surface area contributed by atoms with Crippen LogP contribution < -0.4 is 4.74 Å². The van der Waals surface area contributed by atoms with Crippen LogP contribution in [0.5, 0.6) is 5.75 Å². The number of benzene rings is 1. The molecule has 3 heterocycles. The van der Waals surface area contributed by atoms with E-state index in [9.17, 15) is 13.2 Å². The van der Waals surface area contributed by atoms with Gasteiger partial charge < -0.3 is 9.64 Å². The molecule has 0 radical (unpaired) electrons. The molecule has 9 heteroatoms. The van der Waals surface area contributed by atoms with E-state index in [1.807, 2.05) is 6.92 Å². The van der Waals surface area contributed by atoms with Gasteiger partial charge in [0.1, 0.15) is 22.4 Å². The first-order chi connectivity index (χ1) is 14.8. The number of nitrogens with one attached hydrogen (secondary N) is 1. The first kappa shape index (κ1) is 21.8. The van der Waals surface area contributed by atoms with Crippen LogP contribution in [0, 0.1) is 12.8 Å². The minimum atomic E-state index is -3.70. The summed E-state index contributed by atoms with van der Waals surface area (Å²) in [6.45, 7) is 7.42. The Morgan fingerprint density at radius 3 is 2.71 bits per heavy atom. The number of rotatable bonds is 4. The fraction of sp³-hybridized carbons (Fsp3) is 0.545. The van der Waals surface area contributed by atoms with Gasteiger partial charge in [-0.1, -0.05) is 26.0 Å². The standard InChI is InChI=1S/C22H30N4O4S/c1-15(2)8-13-26-18-9-11-25(22(27)17-14-16(3)23-24-17)12-10-19(18)30-20-6-4-5-7-21(20)31(26,28)29/h4-7,14-15,18-19H,8-13H2,1-3H3,(H,23,24)/t18-,19+/m1/s1. The van der Waals surface area contributed by atoms with Crippen molar-refractivity contribution in [2.75, 3.05) is 19.6 Å². The van der Waals surface area contributed by atoms with E-state index in [1.54, 1.807) is 39.5 Å². The molecule has 2 aliphatic heterocycles. The number of ether oxygens (including phenoxy) is 1. The monoisotopic (exact) mass is 446 g/mol. The number of amides is 1. The molecule has 4 rings (SSSR count). The fourth-order valence-corrected chi connectivity index (χ4v) is 6.14. The van der Waals surface area contributed by atoms with Gasteiger partial charge in [0.2, 0.25) is 10.0 Å². The Morgan fingerprint density at radius 1 is 1.26 bits per heavy atom. The fourth-order valence-electron chi connectivity index (χ4n) is 4.32. The highest BCUT2D eigenvalue weighted by Crippen LogP contribution is 2.36. The number of carbonyl (C=O) groups excluding carboxylic acids is 1. The van der Waals surface area contributed by atoms with Crippen molar-refractivity contribution in [1.82, 2.24) is 19.4 Å². The first-order valence-corrected chi connectivity index (χ1v) is 12.3. The topological polar surface area (TPSA) is 95.6 Å². The molecule has 0 aliphatic carbocycles. The maximum Gasteiger partial charge on any atom is 0.274 e. The van der Waals surface area contributed by atoms with Crippen LogP contribution in [0.2, 0.25) is 0 Å². The van der Waals surface area contributed by atoms with Crippen molar-refractivity contribution < 1.29 is 17.9 Å². The van der Waals surface area contributed by atoms with Gasteiger partial charge in [-0.05, 0) is 43.9 Å². The van der Waals surface area contributed by atoms with E-state index in [1.165, 1.54) is 0 Å². The largest absolute Gasteiger partial charge is 0.487 e. The molecule has 168 valence electrons. The van der Waals surface area contributed by atoms with E-state index in [4.69, 9.17) is 4.74 Å². The van der Waals surface area contributed by atoms with Crippen molar-refractivity contribution in [3.8, 4) is 5.75 Å². The summed E-state index contributed by atoms with van der Waals surface area (Å²) in [4.78, 5) is 14.9. The third-order valence-electron chi connectivity index (χ3n) is 6.03. The number of nitrogens with zero attached hydrogens (tertiary/aromatic N) is 3. The van der Waals surface area contributed by atoms with Gasteiger partial charge in [-0.3, -0.25) is 9.89 Å². The van der Waals surface area contributed by atoms with Crippen molar-refractivity contribution in [3.63, 3.8) is 0 Å². The molecular weight excluding hydrogens is 416 g/mol. The van der Waals surface area contributed by atoms with Crippen molar-refractivity contribution in [3.05, 3.63) is 41.7 Å². The van der Waals surface area contributed by atoms with Crippen LogP contribution in [0.3, 0.4) is 0 Å². The number of aromatic nitrogens is 2. The SMILES string of the molecule is Cc1cc(C(=O)N2CC[C@@H]3Oc4ccccc4S(=O)(=O)N(CCC(C)C)[C@@H]3CC2)n[nH]1. The Hall–Kier alpha value is -2.39. The van der Waals surface area contributed by atoms with Crippen LogP contribution >= 0.6 is 0 Å². The van der Waals surface area contributed by atoms with Gasteiger partial charge in [0.25, 0.3) is 5.91 Å². The van der Waals surface area contributed by atoms with Crippen molar-refractivity contribution >= 4 is 15.9 Å². The summed E-state index contributed by atoms with van der Waals surface area (Å²) in [7, 11) is -3.70. The van der Waals surface area contributed by atoms with Gasteiger partial charge >= 0.3 is 0 Å². The van der Waals surface area contributed by atoms with E-state index < -0.39 is 10.0 Å². The zero-order valence-electron chi connectivity index (χ0n) is 18.2. The molecule has 0 bridgehead atoms. The van der Waals surface area contributed by atoms with E-state index >= 15 is 0 Å². The summed E-state index contributed by atoms with van der Waals surface area (Å²) >= 11 is 0. The molecule has 1 aromatic carbocycles. The second-order valence-electron chi connectivity index (χ2n) is 8.77. The van der Waals surface area contributed by atoms with E-state index in [0.29, 0.717) is 49.8 Å². The van der Waals surface area contributed by atoms with Crippen molar-refractivity contribution in [2.45, 2.75) is 57.1 Å². The molecule has 2 aliphatic rings. The summed E-state index contributed by atoms with van der Waals surface area (Å²) < 4.78 is 35.1. The number of hydrogen-bond donors (Lipinski definition) is 1. The minimum Gasteiger partial charge on any atom is -0.487 e. The smallest absolute Gasteiger partial charge is 0.274 e. The molecule has 0 saturated carbocycles. The predicted octanol–water partition coefficient (Wildman–Crippen LogP) is 2.82. The zero-order valence-corrected chi connectivity index (χ0v) is 19.1. The van der Waals surface area contributed by atoms with Crippen molar-refractivity contribution in [2.24, 2.45) is 5.92 Å². The lowest BCUT2D eigenvalue weighted by Gasteiger charge is -2.32. The summed E-state index contributed by atoms with van der Waals surface area (Å²) in [6, 6.07) is 8.27. The third-order valence-corrected chi connectivity index (χ3v) is 7.99.